The fourth-order valence-corrected chi connectivity index (χ4v) is 3.01. The lowest BCUT2D eigenvalue weighted by Gasteiger charge is -2.36. The Morgan fingerprint density at radius 2 is 2.28 bits per heavy atom. The number of hydrogen-bond donors (Lipinski definition) is 1. The number of likely N-dealkylation sites (N-methyl/N-ethyl adjacent to an activating group) is 2. The van der Waals surface area contributed by atoms with E-state index in [0.717, 1.165) is 23.2 Å². The standard InChI is InChI=1S/C14H22BrN3/c1-17-8-4-6-12(10-17)18(2)9-11-5-3-7-13(16)14(11)15/h3,5,7,12H,4,6,8-10,16H2,1-2H3. The molecule has 0 spiro atoms. The van der Waals surface area contributed by atoms with E-state index in [1.807, 2.05) is 12.1 Å². The number of nitrogens with zero attached hydrogens (tertiary/aromatic N) is 2. The van der Waals surface area contributed by atoms with Crippen molar-refractivity contribution in [3.63, 3.8) is 0 Å². The van der Waals surface area contributed by atoms with Crippen LogP contribution in [0, 0.1) is 0 Å². The van der Waals surface area contributed by atoms with Gasteiger partial charge in [0.1, 0.15) is 0 Å². The van der Waals surface area contributed by atoms with E-state index in [-0.39, 0.29) is 0 Å². The molecule has 1 fully saturated rings. The first-order chi connectivity index (χ1) is 8.58. The highest BCUT2D eigenvalue weighted by Gasteiger charge is 2.21. The van der Waals surface area contributed by atoms with Gasteiger partial charge in [0.15, 0.2) is 0 Å². The summed E-state index contributed by atoms with van der Waals surface area (Å²) in [7, 11) is 4.41. The Morgan fingerprint density at radius 3 is 3.00 bits per heavy atom. The molecule has 18 heavy (non-hydrogen) atoms. The molecule has 0 saturated carbocycles. The quantitative estimate of drug-likeness (QED) is 0.871. The van der Waals surface area contributed by atoms with Crippen LogP contribution in [0.15, 0.2) is 22.7 Å². The molecule has 2 N–H and O–H groups in total. The van der Waals surface area contributed by atoms with Gasteiger partial charge in [0.05, 0.1) is 0 Å². The van der Waals surface area contributed by atoms with Crippen LogP contribution in [0.25, 0.3) is 0 Å². The number of benzene rings is 1. The summed E-state index contributed by atoms with van der Waals surface area (Å²) in [6.45, 7) is 3.34. The maximum absolute atomic E-state index is 5.92. The average molecular weight is 312 g/mol. The first kappa shape index (κ1) is 13.8. The lowest BCUT2D eigenvalue weighted by Crippen LogP contribution is -2.44. The molecule has 0 amide bonds. The SMILES string of the molecule is CN1CCCC(N(C)Cc2cccc(N)c2Br)C1. The topological polar surface area (TPSA) is 32.5 Å². The molecule has 0 aromatic heterocycles. The molecule has 0 bridgehead atoms. The van der Waals surface area contributed by atoms with Crippen molar-refractivity contribution in [3.05, 3.63) is 28.2 Å². The number of halogens is 1. The summed E-state index contributed by atoms with van der Waals surface area (Å²) >= 11 is 3.58. The molecule has 1 aromatic carbocycles. The van der Waals surface area contributed by atoms with Crippen LogP contribution in [-0.2, 0) is 6.54 Å². The van der Waals surface area contributed by atoms with Gasteiger partial charge < -0.3 is 10.6 Å². The third kappa shape index (κ3) is 3.25. The molecular weight excluding hydrogens is 290 g/mol. The first-order valence-electron chi connectivity index (χ1n) is 6.49. The number of hydrogen-bond acceptors (Lipinski definition) is 3. The largest absolute Gasteiger partial charge is 0.398 e. The normalized spacial score (nSPS) is 21.4. The van der Waals surface area contributed by atoms with Gasteiger partial charge in [0.25, 0.3) is 0 Å². The van der Waals surface area contributed by atoms with E-state index < -0.39 is 0 Å². The molecule has 3 nitrogen and oxygen atoms in total. The monoisotopic (exact) mass is 311 g/mol. The zero-order valence-corrected chi connectivity index (χ0v) is 12.8. The highest BCUT2D eigenvalue weighted by atomic mass is 79.9. The van der Waals surface area contributed by atoms with Crippen LogP contribution in [0.1, 0.15) is 18.4 Å². The molecule has 1 aliphatic rings. The third-order valence-corrected chi connectivity index (χ3v) is 4.72. The average Bonchev–Trinajstić information content (AvgIpc) is 2.35. The second-order valence-corrected chi connectivity index (χ2v) is 6.09. The molecule has 0 radical (unpaired) electrons. The van der Waals surface area contributed by atoms with Gasteiger partial charge in [0.2, 0.25) is 0 Å². The van der Waals surface area contributed by atoms with Gasteiger partial charge in [-0.2, -0.15) is 0 Å². The van der Waals surface area contributed by atoms with Crippen molar-refractivity contribution in [3.8, 4) is 0 Å². The molecule has 1 unspecified atom stereocenters. The Labute approximate surface area is 118 Å². The predicted octanol–water partition coefficient (Wildman–Crippen LogP) is 2.56. The summed E-state index contributed by atoms with van der Waals surface area (Å²) in [4.78, 5) is 4.86. The summed E-state index contributed by atoms with van der Waals surface area (Å²) < 4.78 is 1.04. The van der Waals surface area contributed by atoms with Gasteiger partial charge in [-0.05, 0) is 61.0 Å². The van der Waals surface area contributed by atoms with E-state index in [1.165, 1.54) is 24.9 Å². The van der Waals surface area contributed by atoms with Crippen molar-refractivity contribution in [1.29, 1.82) is 0 Å². The van der Waals surface area contributed by atoms with Crippen LogP contribution in [-0.4, -0.2) is 43.0 Å². The predicted molar refractivity (Wildman–Crippen MR) is 80.5 cm³/mol. The molecular formula is C14H22BrN3. The molecule has 1 saturated heterocycles. The number of nitrogen functional groups attached to an aromatic ring is 1. The minimum absolute atomic E-state index is 0.650. The van der Waals surface area contributed by atoms with E-state index in [9.17, 15) is 0 Å². The van der Waals surface area contributed by atoms with Gasteiger partial charge in [0, 0.05) is 29.3 Å². The highest BCUT2D eigenvalue weighted by Crippen LogP contribution is 2.26. The summed E-state index contributed by atoms with van der Waals surface area (Å²) in [5, 5.41) is 0. The van der Waals surface area contributed by atoms with E-state index >= 15 is 0 Å². The van der Waals surface area contributed by atoms with E-state index in [0.29, 0.717) is 6.04 Å². The van der Waals surface area contributed by atoms with Gasteiger partial charge in [-0.15, -0.1) is 0 Å². The Balaban J connectivity index is 2.02. The third-order valence-electron chi connectivity index (χ3n) is 3.75. The summed E-state index contributed by atoms with van der Waals surface area (Å²) in [5.74, 6) is 0. The minimum Gasteiger partial charge on any atom is -0.398 e. The summed E-state index contributed by atoms with van der Waals surface area (Å²) in [5.41, 5.74) is 8.01. The van der Waals surface area contributed by atoms with Crippen LogP contribution >= 0.6 is 15.9 Å². The van der Waals surface area contributed by atoms with Gasteiger partial charge in [-0.3, -0.25) is 4.90 Å². The van der Waals surface area contributed by atoms with Crippen molar-refractivity contribution >= 4 is 21.6 Å². The molecule has 1 aliphatic heterocycles. The van der Waals surface area contributed by atoms with Crippen molar-refractivity contribution in [2.24, 2.45) is 0 Å². The molecule has 1 heterocycles. The van der Waals surface area contributed by atoms with Gasteiger partial charge in [-0.25, -0.2) is 0 Å². The number of piperidine rings is 1. The summed E-state index contributed by atoms with van der Waals surface area (Å²) in [6, 6.07) is 6.75. The maximum atomic E-state index is 5.92. The summed E-state index contributed by atoms with van der Waals surface area (Å²) in [6.07, 6.45) is 2.59. The Hall–Kier alpha value is -0.580. The molecule has 2 rings (SSSR count). The molecule has 4 heteroatoms. The smallest absolute Gasteiger partial charge is 0.0461 e. The van der Waals surface area contributed by atoms with Crippen LogP contribution in [0.5, 0.6) is 0 Å². The maximum Gasteiger partial charge on any atom is 0.0461 e. The van der Waals surface area contributed by atoms with Crippen LogP contribution in [0.2, 0.25) is 0 Å². The van der Waals surface area contributed by atoms with Gasteiger partial charge in [-0.1, -0.05) is 12.1 Å². The lowest BCUT2D eigenvalue weighted by atomic mass is 10.0. The van der Waals surface area contributed by atoms with Crippen molar-refractivity contribution in [2.45, 2.75) is 25.4 Å². The first-order valence-corrected chi connectivity index (χ1v) is 7.29. The Bertz CT molecular complexity index is 408. The molecule has 0 aliphatic carbocycles. The zero-order valence-electron chi connectivity index (χ0n) is 11.2. The van der Waals surface area contributed by atoms with Gasteiger partial charge >= 0.3 is 0 Å². The highest BCUT2D eigenvalue weighted by molar-refractivity contribution is 9.10. The second kappa shape index (κ2) is 6.04. The van der Waals surface area contributed by atoms with E-state index in [4.69, 9.17) is 5.73 Å². The number of nitrogens with two attached hydrogens (primary N) is 1. The number of likely N-dealkylation sites (tertiary alicyclic amines) is 1. The fraction of sp³-hybridized carbons (Fsp3) is 0.571. The minimum atomic E-state index is 0.650. The van der Waals surface area contributed by atoms with Crippen LogP contribution in [0.3, 0.4) is 0 Å². The van der Waals surface area contributed by atoms with Crippen LogP contribution in [0.4, 0.5) is 5.69 Å². The number of anilines is 1. The Kier molecular flexibility index (Phi) is 4.65. The fourth-order valence-electron chi connectivity index (χ4n) is 2.62. The molecule has 1 aromatic rings. The molecule has 1 atom stereocenters. The van der Waals surface area contributed by atoms with Crippen molar-refractivity contribution < 1.29 is 0 Å². The van der Waals surface area contributed by atoms with Crippen LogP contribution < -0.4 is 5.73 Å². The lowest BCUT2D eigenvalue weighted by molar-refractivity contribution is 0.129. The Morgan fingerprint density at radius 1 is 1.50 bits per heavy atom. The van der Waals surface area contributed by atoms with E-state index in [2.05, 4.69) is 45.9 Å². The van der Waals surface area contributed by atoms with Crippen molar-refractivity contribution in [1.82, 2.24) is 9.80 Å². The van der Waals surface area contributed by atoms with Crippen molar-refractivity contribution in [2.75, 3.05) is 32.9 Å². The number of rotatable bonds is 3. The second-order valence-electron chi connectivity index (χ2n) is 5.29. The zero-order chi connectivity index (χ0) is 13.1. The molecule has 100 valence electrons. The van der Waals surface area contributed by atoms with E-state index in [1.54, 1.807) is 0 Å².